The number of pyridine rings is 1. The molecule has 1 aromatic heterocycles. The van der Waals surface area contributed by atoms with E-state index in [1.54, 1.807) is 24.3 Å². The first-order chi connectivity index (χ1) is 10.4. The number of aliphatic hydroxyl groups is 1. The Morgan fingerprint density at radius 2 is 2.09 bits per heavy atom. The standard InChI is InChI=1S/C17H19FN2O2/c1-17(2,11-21)10-20-16(22)13-6-7-15(19-9-13)12-4-3-5-14(18)8-12/h3-9,21H,10-11H2,1-2H3,(H,20,22). The van der Waals surface area contributed by atoms with E-state index >= 15 is 0 Å². The smallest absolute Gasteiger partial charge is 0.252 e. The number of aromatic nitrogens is 1. The molecular formula is C17H19FN2O2. The topological polar surface area (TPSA) is 62.2 Å². The summed E-state index contributed by atoms with van der Waals surface area (Å²) in [6.45, 7) is 4.08. The maximum absolute atomic E-state index is 13.2. The summed E-state index contributed by atoms with van der Waals surface area (Å²) >= 11 is 0. The lowest BCUT2D eigenvalue weighted by Gasteiger charge is -2.21. The van der Waals surface area contributed by atoms with Crippen molar-refractivity contribution in [3.63, 3.8) is 0 Å². The molecule has 2 N–H and O–H groups in total. The van der Waals surface area contributed by atoms with Gasteiger partial charge < -0.3 is 10.4 Å². The highest BCUT2D eigenvalue weighted by Gasteiger charge is 2.18. The fourth-order valence-electron chi connectivity index (χ4n) is 1.82. The van der Waals surface area contributed by atoms with Crippen molar-refractivity contribution in [2.24, 2.45) is 5.41 Å². The monoisotopic (exact) mass is 302 g/mol. The molecule has 1 amide bonds. The Kier molecular flexibility index (Phi) is 4.88. The van der Waals surface area contributed by atoms with Gasteiger partial charge in [0.25, 0.3) is 5.91 Å². The van der Waals surface area contributed by atoms with Gasteiger partial charge in [-0.25, -0.2) is 4.39 Å². The number of nitrogens with zero attached hydrogens (tertiary/aromatic N) is 1. The highest BCUT2D eigenvalue weighted by molar-refractivity contribution is 5.94. The van der Waals surface area contributed by atoms with E-state index in [1.807, 2.05) is 13.8 Å². The summed E-state index contributed by atoms with van der Waals surface area (Å²) in [5, 5.41) is 11.9. The number of hydrogen-bond donors (Lipinski definition) is 2. The van der Waals surface area contributed by atoms with Gasteiger partial charge in [-0.05, 0) is 24.3 Å². The molecule has 1 aromatic carbocycles. The Morgan fingerprint density at radius 1 is 1.32 bits per heavy atom. The molecule has 0 aliphatic carbocycles. The van der Waals surface area contributed by atoms with Gasteiger partial charge in [0.2, 0.25) is 0 Å². The van der Waals surface area contributed by atoms with E-state index < -0.39 is 0 Å². The summed E-state index contributed by atoms with van der Waals surface area (Å²) in [6, 6.07) is 9.47. The number of halogens is 1. The van der Waals surface area contributed by atoms with E-state index in [2.05, 4.69) is 10.3 Å². The number of aliphatic hydroxyl groups excluding tert-OH is 1. The summed E-state index contributed by atoms with van der Waals surface area (Å²) < 4.78 is 13.2. The van der Waals surface area contributed by atoms with Gasteiger partial charge in [-0.2, -0.15) is 0 Å². The van der Waals surface area contributed by atoms with E-state index in [9.17, 15) is 9.18 Å². The maximum atomic E-state index is 13.2. The zero-order valence-electron chi connectivity index (χ0n) is 12.6. The molecule has 2 aromatic rings. The Morgan fingerprint density at radius 3 is 2.68 bits per heavy atom. The summed E-state index contributed by atoms with van der Waals surface area (Å²) in [6.07, 6.45) is 1.46. The molecule has 0 atom stereocenters. The van der Waals surface area contributed by atoms with Crippen LogP contribution < -0.4 is 5.32 Å². The SMILES string of the molecule is CC(C)(CO)CNC(=O)c1ccc(-c2cccc(F)c2)nc1. The molecule has 0 aliphatic rings. The van der Waals surface area contributed by atoms with E-state index in [4.69, 9.17) is 5.11 Å². The molecule has 5 heteroatoms. The molecule has 0 fully saturated rings. The van der Waals surface area contributed by atoms with Crippen LogP contribution in [0.1, 0.15) is 24.2 Å². The van der Waals surface area contributed by atoms with Gasteiger partial charge in [-0.1, -0.05) is 26.0 Å². The van der Waals surface area contributed by atoms with Gasteiger partial charge in [0.05, 0.1) is 11.3 Å². The second-order valence-electron chi connectivity index (χ2n) is 5.95. The van der Waals surface area contributed by atoms with Crippen LogP contribution in [0.15, 0.2) is 42.6 Å². The second-order valence-corrected chi connectivity index (χ2v) is 5.95. The van der Waals surface area contributed by atoms with Crippen LogP contribution in [0.3, 0.4) is 0 Å². The zero-order valence-corrected chi connectivity index (χ0v) is 12.6. The maximum Gasteiger partial charge on any atom is 0.252 e. The molecule has 1 heterocycles. The van der Waals surface area contributed by atoms with Gasteiger partial charge in [0, 0.05) is 30.3 Å². The summed E-state index contributed by atoms with van der Waals surface area (Å²) in [7, 11) is 0. The van der Waals surface area contributed by atoms with E-state index in [0.717, 1.165) is 0 Å². The number of nitrogens with one attached hydrogen (secondary N) is 1. The van der Waals surface area contributed by atoms with Crippen LogP contribution >= 0.6 is 0 Å². The first-order valence-electron chi connectivity index (χ1n) is 7.02. The van der Waals surface area contributed by atoms with Crippen molar-refractivity contribution in [1.82, 2.24) is 10.3 Å². The Hall–Kier alpha value is -2.27. The van der Waals surface area contributed by atoms with Gasteiger partial charge >= 0.3 is 0 Å². The first-order valence-corrected chi connectivity index (χ1v) is 7.02. The molecule has 0 bridgehead atoms. The third-order valence-electron chi connectivity index (χ3n) is 3.30. The van der Waals surface area contributed by atoms with Gasteiger partial charge in [0.15, 0.2) is 0 Å². The van der Waals surface area contributed by atoms with Crippen molar-refractivity contribution >= 4 is 5.91 Å². The Labute approximate surface area is 129 Å². The van der Waals surface area contributed by atoms with E-state index in [0.29, 0.717) is 23.4 Å². The van der Waals surface area contributed by atoms with Crippen LogP contribution in [0, 0.1) is 11.2 Å². The highest BCUT2D eigenvalue weighted by atomic mass is 19.1. The average molecular weight is 302 g/mol. The molecular weight excluding hydrogens is 283 g/mol. The molecule has 0 unspecified atom stereocenters. The van der Waals surface area contributed by atoms with Crippen LogP contribution in [0.25, 0.3) is 11.3 Å². The lowest BCUT2D eigenvalue weighted by molar-refractivity contribution is 0.0910. The molecule has 0 radical (unpaired) electrons. The van der Waals surface area contributed by atoms with Gasteiger partial charge in [-0.15, -0.1) is 0 Å². The minimum absolute atomic E-state index is 0.00988. The fraction of sp³-hybridized carbons (Fsp3) is 0.294. The minimum atomic E-state index is -0.370. The Balaban J connectivity index is 2.07. The zero-order chi connectivity index (χ0) is 16.2. The lowest BCUT2D eigenvalue weighted by Crippen LogP contribution is -2.36. The average Bonchev–Trinajstić information content (AvgIpc) is 2.53. The molecule has 0 saturated carbocycles. The number of amides is 1. The third-order valence-corrected chi connectivity index (χ3v) is 3.30. The highest BCUT2D eigenvalue weighted by Crippen LogP contribution is 2.18. The van der Waals surface area contributed by atoms with Crippen LogP contribution in [0.5, 0.6) is 0 Å². The minimum Gasteiger partial charge on any atom is -0.396 e. The molecule has 0 aliphatic heterocycles. The Bertz CT molecular complexity index is 654. The molecule has 0 saturated heterocycles. The second kappa shape index (κ2) is 6.66. The number of benzene rings is 1. The van der Waals surface area contributed by atoms with Crippen molar-refractivity contribution in [3.8, 4) is 11.3 Å². The lowest BCUT2D eigenvalue weighted by atomic mass is 9.95. The van der Waals surface area contributed by atoms with Gasteiger partial charge in [-0.3, -0.25) is 9.78 Å². The van der Waals surface area contributed by atoms with Crippen molar-refractivity contribution in [1.29, 1.82) is 0 Å². The number of rotatable bonds is 5. The molecule has 22 heavy (non-hydrogen) atoms. The number of carbonyl (C=O) groups excluding carboxylic acids is 1. The summed E-state index contributed by atoms with van der Waals surface area (Å²) in [5.41, 5.74) is 1.32. The molecule has 4 nitrogen and oxygen atoms in total. The van der Waals surface area contributed by atoms with Gasteiger partial charge in [0.1, 0.15) is 5.82 Å². The quantitative estimate of drug-likeness (QED) is 0.892. The predicted molar refractivity (Wildman–Crippen MR) is 82.8 cm³/mol. The van der Waals surface area contributed by atoms with Crippen LogP contribution in [0.4, 0.5) is 4.39 Å². The number of hydrogen-bond acceptors (Lipinski definition) is 3. The van der Waals surface area contributed by atoms with E-state index in [-0.39, 0.29) is 23.7 Å². The largest absolute Gasteiger partial charge is 0.396 e. The summed E-state index contributed by atoms with van der Waals surface area (Å²) in [4.78, 5) is 16.2. The summed E-state index contributed by atoms with van der Waals surface area (Å²) in [5.74, 6) is -0.577. The first kappa shape index (κ1) is 16.1. The van der Waals surface area contributed by atoms with Crippen molar-refractivity contribution in [2.45, 2.75) is 13.8 Å². The van der Waals surface area contributed by atoms with Crippen molar-refractivity contribution < 1.29 is 14.3 Å². The van der Waals surface area contributed by atoms with Crippen molar-refractivity contribution in [3.05, 3.63) is 54.0 Å². The fourth-order valence-corrected chi connectivity index (χ4v) is 1.82. The van der Waals surface area contributed by atoms with Crippen LogP contribution in [0.2, 0.25) is 0 Å². The molecule has 0 spiro atoms. The van der Waals surface area contributed by atoms with E-state index in [1.165, 1.54) is 18.3 Å². The predicted octanol–water partition coefficient (Wildman–Crippen LogP) is 2.64. The molecule has 2 rings (SSSR count). The van der Waals surface area contributed by atoms with Crippen molar-refractivity contribution in [2.75, 3.05) is 13.2 Å². The third kappa shape index (κ3) is 4.11. The molecule has 116 valence electrons. The van der Waals surface area contributed by atoms with Crippen LogP contribution in [-0.2, 0) is 0 Å². The normalized spacial score (nSPS) is 11.3. The number of carbonyl (C=O) groups is 1. The van der Waals surface area contributed by atoms with Crippen LogP contribution in [-0.4, -0.2) is 29.1 Å².